The summed E-state index contributed by atoms with van der Waals surface area (Å²) in [7, 11) is 1.56. The number of methoxy groups -OCH3 is 1. The molecule has 1 aliphatic heterocycles. The van der Waals surface area contributed by atoms with Crippen LogP contribution < -0.4 is 19.5 Å². The maximum Gasteiger partial charge on any atom is 0.267 e. The molecule has 3 rings (SSSR count). The lowest BCUT2D eigenvalue weighted by Gasteiger charge is -2.29. The summed E-state index contributed by atoms with van der Waals surface area (Å²) in [5, 5.41) is 2.77. The minimum atomic E-state index is -0.774. The van der Waals surface area contributed by atoms with E-state index in [1.165, 1.54) is 4.90 Å². The van der Waals surface area contributed by atoms with Crippen molar-refractivity contribution in [1.29, 1.82) is 0 Å². The fourth-order valence-electron chi connectivity index (χ4n) is 2.77. The van der Waals surface area contributed by atoms with E-state index in [0.717, 1.165) is 0 Å². The molecule has 142 valence electrons. The van der Waals surface area contributed by atoms with Crippen molar-refractivity contribution in [2.24, 2.45) is 0 Å². The molecule has 2 amide bonds. The van der Waals surface area contributed by atoms with Gasteiger partial charge < -0.3 is 24.4 Å². The van der Waals surface area contributed by atoms with Gasteiger partial charge in [-0.15, -0.1) is 0 Å². The topological polar surface area (TPSA) is 77.1 Å². The summed E-state index contributed by atoms with van der Waals surface area (Å²) in [4.78, 5) is 26.5. The summed E-state index contributed by atoms with van der Waals surface area (Å²) in [5.41, 5.74) is 0.606. The molecule has 0 saturated heterocycles. The van der Waals surface area contributed by atoms with Crippen LogP contribution in [0.4, 0.5) is 5.69 Å². The molecule has 0 spiro atoms. The summed E-state index contributed by atoms with van der Waals surface area (Å²) < 4.78 is 16.5. The van der Waals surface area contributed by atoms with Crippen molar-refractivity contribution >= 4 is 17.5 Å². The number of para-hydroxylation sites is 2. The van der Waals surface area contributed by atoms with Gasteiger partial charge in [-0.1, -0.05) is 18.2 Å². The van der Waals surface area contributed by atoms with E-state index in [4.69, 9.17) is 14.2 Å². The van der Waals surface area contributed by atoms with Crippen molar-refractivity contribution in [3.05, 3.63) is 48.5 Å². The van der Waals surface area contributed by atoms with Crippen LogP contribution in [-0.2, 0) is 9.59 Å². The predicted octanol–water partition coefficient (Wildman–Crippen LogP) is 2.32. The van der Waals surface area contributed by atoms with Gasteiger partial charge in [-0.25, -0.2) is 0 Å². The van der Waals surface area contributed by atoms with Gasteiger partial charge in [-0.2, -0.15) is 0 Å². The van der Waals surface area contributed by atoms with Crippen molar-refractivity contribution in [3.63, 3.8) is 0 Å². The molecular weight excluding hydrogens is 348 g/mol. The van der Waals surface area contributed by atoms with Crippen LogP contribution in [0.1, 0.15) is 6.92 Å². The van der Waals surface area contributed by atoms with Crippen LogP contribution in [0.15, 0.2) is 48.5 Å². The third kappa shape index (κ3) is 4.49. The zero-order valence-corrected chi connectivity index (χ0v) is 15.3. The maximum atomic E-state index is 12.7. The number of ether oxygens (including phenoxy) is 3. The Labute approximate surface area is 157 Å². The quantitative estimate of drug-likeness (QED) is 0.844. The van der Waals surface area contributed by atoms with Gasteiger partial charge >= 0.3 is 0 Å². The first-order valence-electron chi connectivity index (χ1n) is 8.72. The number of anilines is 1. The number of hydrogen-bond acceptors (Lipinski definition) is 5. The monoisotopic (exact) mass is 370 g/mol. The normalized spacial score (nSPS) is 15.0. The molecule has 1 N–H and O–H groups in total. The van der Waals surface area contributed by atoms with Crippen LogP contribution in [0.3, 0.4) is 0 Å². The second-order valence-corrected chi connectivity index (χ2v) is 6.00. The number of carbonyl (C=O) groups excluding carboxylic acids is 2. The lowest BCUT2D eigenvalue weighted by atomic mass is 10.2. The van der Waals surface area contributed by atoms with Crippen LogP contribution in [0, 0.1) is 0 Å². The minimum Gasteiger partial charge on any atom is -0.497 e. The summed E-state index contributed by atoms with van der Waals surface area (Å²) >= 11 is 0. The van der Waals surface area contributed by atoms with Gasteiger partial charge in [0.25, 0.3) is 5.91 Å². The molecular formula is C20H22N2O5. The molecule has 0 radical (unpaired) electrons. The number of likely N-dealkylation sites (N-methyl/N-ethyl adjacent to an activating group) is 1. The van der Waals surface area contributed by atoms with E-state index in [2.05, 4.69) is 5.32 Å². The fraction of sp³-hybridized carbons (Fsp3) is 0.300. The van der Waals surface area contributed by atoms with Crippen molar-refractivity contribution in [2.45, 2.75) is 13.0 Å². The Morgan fingerprint density at radius 3 is 2.70 bits per heavy atom. The van der Waals surface area contributed by atoms with Crippen LogP contribution >= 0.6 is 0 Å². The third-order valence-corrected chi connectivity index (χ3v) is 4.17. The van der Waals surface area contributed by atoms with Gasteiger partial charge in [0, 0.05) is 18.3 Å². The fourth-order valence-corrected chi connectivity index (χ4v) is 2.77. The highest BCUT2D eigenvalue weighted by Crippen LogP contribution is 2.31. The second-order valence-electron chi connectivity index (χ2n) is 6.00. The molecule has 2 aromatic rings. The van der Waals surface area contributed by atoms with Gasteiger partial charge in [-0.3, -0.25) is 9.59 Å². The van der Waals surface area contributed by atoms with E-state index in [9.17, 15) is 9.59 Å². The van der Waals surface area contributed by atoms with Gasteiger partial charge in [0.05, 0.1) is 13.7 Å². The van der Waals surface area contributed by atoms with E-state index >= 15 is 0 Å². The van der Waals surface area contributed by atoms with Crippen LogP contribution in [0.2, 0.25) is 0 Å². The van der Waals surface area contributed by atoms with Gasteiger partial charge in [0.15, 0.2) is 11.5 Å². The summed E-state index contributed by atoms with van der Waals surface area (Å²) in [6.07, 6.45) is -0.774. The molecule has 2 aromatic carbocycles. The molecule has 7 heteroatoms. The zero-order valence-electron chi connectivity index (χ0n) is 15.3. The van der Waals surface area contributed by atoms with Crippen LogP contribution in [0.25, 0.3) is 0 Å². The number of fused-ring (bicyclic) bond motifs is 1. The van der Waals surface area contributed by atoms with Gasteiger partial charge in [0.1, 0.15) is 12.4 Å². The summed E-state index contributed by atoms with van der Waals surface area (Å²) in [6, 6.07) is 14.2. The van der Waals surface area contributed by atoms with Crippen molar-refractivity contribution in [1.82, 2.24) is 4.90 Å². The first kappa shape index (κ1) is 18.6. The highest BCUT2D eigenvalue weighted by molar-refractivity contribution is 5.95. The Balaban J connectivity index is 1.61. The Kier molecular flexibility index (Phi) is 5.80. The highest BCUT2D eigenvalue weighted by atomic mass is 16.6. The van der Waals surface area contributed by atoms with Crippen molar-refractivity contribution in [2.75, 3.05) is 32.1 Å². The van der Waals surface area contributed by atoms with E-state index in [1.54, 1.807) is 43.5 Å². The molecule has 27 heavy (non-hydrogen) atoms. The lowest BCUT2D eigenvalue weighted by molar-refractivity contribution is -0.143. The Morgan fingerprint density at radius 2 is 1.96 bits per heavy atom. The number of rotatable bonds is 6. The number of benzene rings is 2. The van der Waals surface area contributed by atoms with Crippen LogP contribution in [0.5, 0.6) is 17.2 Å². The maximum absolute atomic E-state index is 12.7. The predicted molar refractivity (Wildman–Crippen MR) is 100 cm³/mol. The molecule has 0 saturated carbocycles. The molecule has 0 fully saturated rings. The molecule has 0 bridgehead atoms. The van der Waals surface area contributed by atoms with Crippen molar-refractivity contribution in [3.8, 4) is 17.2 Å². The summed E-state index contributed by atoms with van der Waals surface area (Å²) in [6.45, 7) is 2.23. The standard InChI is InChI=1S/C20H22N2O5/c1-3-22(12-19(23)21-14-7-6-8-15(11-14)25-2)20(24)18-13-26-16-9-4-5-10-17(16)27-18/h4-11,18H,3,12-13H2,1-2H3,(H,21,23)/t18-/m1/s1. The summed E-state index contributed by atoms with van der Waals surface area (Å²) in [5.74, 6) is 1.20. The van der Waals surface area contributed by atoms with Gasteiger partial charge in [-0.05, 0) is 31.2 Å². The second kappa shape index (κ2) is 8.44. The minimum absolute atomic E-state index is 0.0753. The van der Waals surface area contributed by atoms with E-state index in [0.29, 0.717) is 29.5 Å². The van der Waals surface area contributed by atoms with E-state index in [1.807, 2.05) is 19.1 Å². The molecule has 0 aromatic heterocycles. The van der Waals surface area contributed by atoms with E-state index < -0.39 is 6.10 Å². The SMILES string of the molecule is CCN(CC(=O)Nc1cccc(OC)c1)C(=O)[C@H]1COc2ccccc2O1. The Bertz CT molecular complexity index is 824. The number of amides is 2. The average molecular weight is 370 g/mol. The Morgan fingerprint density at radius 1 is 1.19 bits per heavy atom. The third-order valence-electron chi connectivity index (χ3n) is 4.17. The number of nitrogens with one attached hydrogen (secondary N) is 1. The van der Waals surface area contributed by atoms with E-state index in [-0.39, 0.29) is 25.0 Å². The molecule has 0 unspecified atom stereocenters. The number of hydrogen-bond donors (Lipinski definition) is 1. The molecule has 1 heterocycles. The molecule has 0 aliphatic carbocycles. The molecule has 7 nitrogen and oxygen atoms in total. The smallest absolute Gasteiger partial charge is 0.267 e. The zero-order chi connectivity index (χ0) is 19.2. The van der Waals surface area contributed by atoms with Crippen molar-refractivity contribution < 1.29 is 23.8 Å². The highest BCUT2D eigenvalue weighted by Gasteiger charge is 2.31. The Hall–Kier alpha value is -3.22. The molecule has 1 aliphatic rings. The lowest BCUT2D eigenvalue weighted by Crippen LogP contribution is -2.48. The first-order valence-corrected chi connectivity index (χ1v) is 8.72. The number of carbonyl (C=O) groups is 2. The van der Waals surface area contributed by atoms with Gasteiger partial charge in [0.2, 0.25) is 12.0 Å². The first-order chi connectivity index (χ1) is 13.1. The molecule has 1 atom stereocenters. The van der Waals surface area contributed by atoms with Crippen LogP contribution in [-0.4, -0.2) is 49.6 Å². The average Bonchev–Trinajstić information content (AvgIpc) is 2.71. The largest absolute Gasteiger partial charge is 0.497 e. The number of nitrogens with zero attached hydrogens (tertiary/aromatic N) is 1.